The second-order valence-corrected chi connectivity index (χ2v) is 5.35. The first kappa shape index (κ1) is 17.5. The van der Waals surface area contributed by atoms with Gasteiger partial charge in [-0.05, 0) is 6.42 Å². The van der Waals surface area contributed by atoms with Crippen LogP contribution in [0.4, 0.5) is 0 Å². The summed E-state index contributed by atoms with van der Waals surface area (Å²) in [6.07, 6.45) is 20.4. The Kier molecular flexibility index (Phi) is 16.0. The molecule has 0 aliphatic rings. The predicted octanol–water partition coefficient (Wildman–Crippen LogP) is 4.12. The highest BCUT2D eigenvalue weighted by atomic mass is 16.4. The molecular formula is C16H33NO. The minimum Gasteiger partial charge on any atom is -0.626 e. The van der Waals surface area contributed by atoms with E-state index in [1.807, 2.05) is 5.16 Å². The van der Waals surface area contributed by atoms with Gasteiger partial charge in [-0.1, -0.05) is 84.0 Å². The Morgan fingerprint density at radius 3 is 1.44 bits per heavy atom. The van der Waals surface area contributed by atoms with Crippen LogP contribution in [0.1, 0.15) is 96.8 Å². The highest BCUT2D eigenvalue weighted by molar-refractivity contribution is 5.49. The van der Waals surface area contributed by atoms with Crippen molar-refractivity contribution in [1.29, 1.82) is 0 Å². The molecule has 0 unspecified atom stereocenters. The molecule has 0 atom stereocenters. The van der Waals surface area contributed by atoms with Gasteiger partial charge in [-0.2, -0.15) is 0 Å². The van der Waals surface area contributed by atoms with Crippen molar-refractivity contribution >= 4 is 6.21 Å². The summed E-state index contributed by atoms with van der Waals surface area (Å²) < 4.78 is 0. The molecular weight excluding hydrogens is 222 g/mol. The van der Waals surface area contributed by atoms with Crippen LogP contribution < -0.4 is 5.16 Å². The van der Waals surface area contributed by atoms with E-state index in [4.69, 9.17) is 0 Å². The van der Waals surface area contributed by atoms with E-state index in [0.29, 0.717) is 0 Å². The van der Waals surface area contributed by atoms with Crippen LogP contribution in [0.2, 0.25) is 0 Å². The van der Waals surface area contributed by atoms with Crippen molar-refractivity contribution in [1.82, 2.24) is 0 Å². The minimum atomic E-state index is 0.918. The number of nitrogens with one attached hydrogen (secondary N) is 1. The number of hydrogen-bond donors (Lipinski definition) is 1. The van der Waals surface area contributed by atoms with Crippen molar-refractivity contribution in [3.63, 3.8) is 0 Å². The van der Waals surface area contributed by atoms with Gasteiger partial charge < -0.3 is 5.21 Å². The van der Waals surface area contributed by atoms with Crippen LogP contribution in [0.5, 0.6) is 0 Å². The van der Waals surface area contributed by atoms with Gasteiger partial charge in [-0.15, -0.1) is 0 Å². The van der Waals surface area contributed by atoms with Crippen molar-refractivity contribution < 1.29 is 5.16 Å². The Hall–Kier alpha value is -0.530. The Balaban J connectivity index is 2.90. The highest BCUT2D eigenvalue weighted by Crippen LogP contribution is 2.12. The lowest BCUT2D eigenvalue weighted by Crippen LogP contribution is -2.60. The SMILES string of the molecule is CCCCCCCCCCCCCCCC=[NH+][O-]. The molecule has 1 N–H and O–H groups in total. The second-order valence-electron chi connectivity index (χ2n) is 5.35. The molecule has 2 nitrogen and oxygen atoms in total. The van der Waals surface area contributed by atoms with Crippen LogP contribution in [0.3, 0.4) is 0 Å². The van der Waals surface area contributed by atoms with Crippen LogP contribution >= 0.6 is 0 Å². The Morgan fingerprint density at radius 2 is 1.06 bits per heavy atom. The fourth-order valence-electron chi connectivity index (χ4n) is 2.32. The van der Waals surface area contributed by atoms with Crippen LogP contribution in [0.15, 0.2) is 0 Å². The topological polar surface area (TPSA) is 37.0 Å². The van der Waals surface area contributed by atoms with E-state index < -0.39 is 0 Å². The molecule has 2 heteroatoms. The van der Waals surface area contributed by atoms with Crippen molar-refractivity contribution in [3.05, 3.63) is 5.21 Å². The van der Waals surface area contributed by atoms with Crippen LogP contribution in [-0.2, 0) is 0 Å². The van der Waals surface area contributed by atoms with Crippen LogP contribution in [0.25, 0.3) is 0 Å². The fourth-order valence-corrected chi connectivity index (χ4v) is 2.32. The Morgan fingerprint density at radius 1 is 0.667 bits per heavy atom. The summed E-state index contributed by atoms with van der Waals surface area (Å²) in [5.74, 6) is 0. The standard InChI is InChI=1S/C16H33NO/c1-2-3-4-5-6-7-8-9-10-11-12-13-14-15-16-17-18/h16-17H,2-15H2,1H3. The molecule has 0 aromatic rings. The molecule has 0 heterocycles. The lowest BCUT2D eigenvalue weighted by Gasteiger charge is -2.02. The van der Waals surface area contributed by atoms with Crippen molar-refractivity contribution in [2.75, 3.05) is 0 Å². The van der Waals surface area contributed by atoms with Crippen LogP contribution in [-0.4, -0.2) is 6.21 Å². The zero-order valence-electron chi connectivity index (χ0n) is 12.4. The molecule has 18 heavy (non-hydrogen) atoms. The molecule has 0 saturated carbocycles. The summed E-state index contributed by atoms with van der Waals surface area (Å²) in [5.41, 5.74) is 0. The number of hydrogen-bond acceptors (Lipinski definition) is 1. The average molecular weight is 255 g/mol. The molecule has 0 radical (unpaired) electrons. The molecule has 0 saturated heterocycles. The first-order valence-electron chi connectivity index (χ1n) is 8.11. The molecule has 0 aliphatic heterocycles. The maximum atomic E-state index is 9.94. The Bertz CT molecular complexity index is 168. The fraction of sp³-hybridized carbons (Fsp3) is 0.938. The summed E-state index contributed by atoms with van der Waals surface area (Å²) in [5, 5.41) is 11.8. The van der Waals surface area contributed by atoms with Gasteiger partial charge in [0.25, 0.3) is 0 Å². The van der Waals surface area contributed by atoms with E-state index in [2.05, 4.69) is 6.92 Å². The third kappa shape index (κ3) is 15.5. The van der Waals surface area contributed by atoms with Crippen molar-refractivity contribution in [3.8, 4) is 0 Å². The van der Waals surface area contributed by atoms with Gasteiger partial charge >= 0.3 is 0 Å². The zero-order valence-corrected chi connectivity index (χ0v) is 12.4. The average Bonchev–Trinajstić information content (AvgIpc) is 2.39. The molecule has 108 valence electrons. The molecule has 0 bridgehead atoms. The van der Waals surface area contributed by atoms with Crippen LogP contribution in [0, 0.1) is 5.21 Å². The molecule has 0 amide bonds. The maximum absolute atomic E-state index is 9.94. The zero-order chi connectivity index (χ0) is 13.3. The van der Waals surface area contributed by atoms with Gasteiger partial charge in [-0.25, -0.2) is 5.16 Å². The van der Waals surface area contributed by atoms with Crippen molar-refractivity contribution in [2.24, 2.45) is 0 Å². The lowest BCUT2D eigenvalue weighted by atomic mass is 10.0. The van der Waals surface area contributed by atoms with Gasteiger partial charge in [0, 0.05) is 6.42 Å². The summed E-state index contributed by atoms with van der Waals surface area (Å²) in [6, 6.07) is 0. The predicted molar refractivity (Wildman–Crippen MR) is 80.7 cm³/mol. The van der Waals surface area contributed by atoms with E-state index >= 15 is 0 Å². The Labute approximate surface area is 114 Å². The first-order chi connectivity index (χ1) is 8.91. The van der Waals surface area contributed by atoms with E-state index in [1.54, 1.807) is 6.21 Å². The van der Waals surface area contributed by atoms with E-state index in [9.17, 15) is 5.21 Å². The maximum Gasteiger partial charge on any atom is 0.148 e. The third-order valence-electron chi connectivity index (χ3n) is 3.54. The first-order valence-corrected chi connectivity index (χ1v) is 8.11. The van der Waals surface area contributed by atoms with Gasteiger partial charge in [0.15, 0.2) is 0 Å². The molecule has 0 rings (SSSR count). The quantitative estimate of drug-likeness (QED) is 0.216. The smallest absolute Gasteiger partial charge is 0.148 e. The van der Waals surface area contributed by atoms with Gasteiger partial charge in [0.2, 0.25) is 0 Å². The van der Waals surface area contributed by atoms with Gasteiger partial charge in [-0.3, -0.25) is 0 Å². The molecule has 0 aliphatic carbocycles. The van der Waals surface area contributed by atoms with Gasteiger partial charge in [0.05, 0.1) is 0 Å². The van der Waals surface area contributed by atoms with E-state index in [1.165, 1.54) is 77.0 Å². The largest absolute Gasteiger partial charge is 0.626 e. The normalized spacial score (nSPS) is 11.4. The third-order valence-corrected chi connectivity index (χ3v) is 3.54. The summed E-state index contributed by atoms with van der Waals surface area (Å²) in [6.45, 7) is 2.27. The van der Waals surface area contributed by atoms with Gasteiger partial charge in [0.1, 0.15) is 6.21 Å². The molecule has 0 aromatic heterocycles. The molecule has 0 aromatic carbocycles. The molecule has 0 spiro atoms. The monoisotopic (exact) mass is 255 g/mol. The minimum absolute atomic E-state index is 0.918. The lowest BCUT2D eigenvalue weighted by molar-refractivity contribution is -0.368. The number of unbranched alkanes of at least 4 members (excludes halogenated alkanes) is 13. The number of rotatable bonds is 14. The summed E-state index contributed by atoms with van der Waals surface area (Å²) >= 11 is 0. The summed E-state index contributed by atoms with van der Waals surface area (Å²) in [7, 11) is 0. The highest BCUT2D eigenvalue weighted by Gasteiger charge is 1.93. The second kappa shape index (κ2) is 16.5. The van der Waals surface area contributed by atoms with E-state index in [-0.39, 0.29) is 0 Å². The molecule has 0 fully saturated rings. The summed E-state index contributed by atoms with van der Waals surface area (Å²) in [4.78, 5) is 0. The van der Waals surface area contributed by atoms with E-state index in [0.717, 1.165) is 12.8 Å². The van der Waals surface area contributed by atoms with Crippen molar-refractivity contribution in [2.45, 2.75) is 96.8 Å².